The Bertz CT molecular complexity index is 490. The van der Waals surface area contributed by atoms with Crippen LogP contribution in [0.1, 0.15) is 71.3 Å². The third kappa shape index (κ3) is 7.82. The summed E-state index contributed by atoms with van der Waals surface area (Å²) in [6.07, 6.45) is 0. The molecule has 0 aliphatic carbocycles. The molecular formula is C19H32O4. The van der Waals surface area contributed by atoms with Crippen molar-refractivity contribution < 1.29 is 19.1 Å². The van der Waals surface area contributed by atoms with Gasteiger partial charge in [-0.2, -0.15) is 0 Å². The van der Waals surface area contributed by atoms with Crippen LogP contribution in [0.15, 0.2) is 18.2 Å². The van der Waals surface area contributed by atoms with Crippen LogP contribution in [-0.4, -0.2) is 24.0 Å². The number of carbonyl (C=O) groups excluding carboxylic acids is 2. The van der Waals surface area contributed by atoms with E-state index in [4.69, 9.17) is 9.47 Å². The predicted molar refractivity (Wildman–Crippen MR) is 95.2 cm³/mol. The quantitative estimate of drug-likeness (QED) is 0.567. The maximum Gasteiger partial charge on any atom is 0.349 e. The molecule has 0 heterocycles. The number of aryl methyl sites for hydroxylation is 1. The van der Waals surface area contributed by atoms with Crippen LogP contribution in [0, 0.1) is 6.92 Å². The number of carbonyl (C=O) groups is 2. The van der Waals surface area contributed by atoms with E-state index in [9.17, 15) is 9.59 Å². The molecule has 0 fully saturated rings. The molecule has 0 amide bonds. The molecule has 0 spiro atoms. The van der Waals surface area contributed by atoms with Crippen molar-refractivity contribution in [3.05, 3.63) is 29.3 Å². The molecule has 0 unspecified atom stereocenters. The second-order valence-corrected chi connectivity index (χ2v) is 4.87. The van der Waals surface area contributed by atoms with Crippen molar-refractivity contribution in [1.82, 2.24) is 0 Å². The van der Waals surface area contributed by atoms with Crippen molar-refractivity contribution in [2.75, 3.05) is 6.61 Å². The normalized spacial score (nSPS) is 9.61. The summed E-state index contributed by atoms with van der Waals surface area (Å²) in [5.74, 6) is 0.160. The zero-order chi connectivity index (χ0) is 18.6. The highest BCUT2D eigenvalue weighted by Gasteiger charge is 2.32. The third-order valence-electron chi connectivity index (χ3n) is 2.71. The van der Waals surface area contributed by atoms with E-state index in [2.05, 4.69) is 0 Å². The van der Waals surface area contributed by atoms with Crippen molar-refractivity contribution in [3.63, 3.8) is 0 Å². The van der Waals surface area contributed by atoms with Crippen LogP contribution in [0.25, 0.3) is 0 Å². The largest absolute Gasteiger partial charge is 0.476 e. The van der Waals surface area contributed by atoms with Gasteiger partial charge in [-0.25, -0.2) is 4.79 Å². The first-order valence-electron chi connectivity index (χ1n) is 8.25. The highest BCUT2D eigenvalue weighted by atomic mass is 16.6. The number of ketones is 1. The molecule has 1 aromatic carbocycles. The Morgan fingerprint density at radius 1 is 1.09 bits per heavy atom. The smallest absolute Gasteiger partial charge is 0.349 e. The summed E-state index contributed by atoms with van der Waals surface area (Å²) < 4.78 is 10.7. The Balaban J connectivity index is 0. The molecule has 0 aliphatic heterocycles. The standard InChI is InChI=1S/C15H20O4.2C2H6/c1-6-18-14(17)15(4,5)19-13-8-7-12(11(3)16)9-10(13)2;2*1-2/h7-9H,6H2,1-5H3;2*1-2H3. The topological polar surface area (TPSA) is 52.6 Å². The van der Waals surface area contributed by atoms with Crippen LogP contribution in [0.5, 0.6) is 5.75 Å². The van der Waals surface area contributed by atoms with E-state index >= 15 is 0 Å². The van der Waals surface area contributed by atoms with Crippen molar-refractivity contribution in [2.24, 2.45) is 0 Å². The Morgan fingerprint density at radius 2 is 1.61 bits per heavy atom. The van der Waals surface area contributed by atoms with Gasteiger partial charge in [-0.15, -0.1) is 0 Å². The number of Topliss-reactive ketones (excluding diaryl/α,β-unsaturated/α-hetero) is 1. The van der Waals surface area contributed by atoms with Gasteiger partial charge in [0.2, 0.25) is 0 Å². The molecule has 4 nitrogen and oxygen atoms in total. The minimum Gasteiger partial charge on any atom is -0.476 e. The first-order valence-corrected chi connectivity index (χ1v) is 8.25. The van der Waals surface area contributed by atoms with Crippen LogP contribution in [0.4, 0.5) is 0 Å². The second-order valence-electron chi connectivity index (χ2n) is 4.87. The van der Waals surface area contributed by atoms with Crippen LogP contribution < -0.4 is 4.74 Å². The van der Waals surface area contributed by atoms with Crippen molar-refractivity contribution in [2.45, 2.75) is 67.9 Å². The molecule has 23 heavy (non-hydrogen) atoms. The number of ether oxygens (including phenoxy) is 2. The van der Waals surface area contributed by atoms with E-state index in [0.29, 0.717) is 17.9 Å². The summed E-state index contributed by atoms with van der Waals surface area (Å²) in [7, 11) is 0. The van der Waals surface area contributed by atoms with E-state index in [0.717, 1.165) is 5.56 Å². The lowest BCUT2D eigenvalue weighted by atomic mass is 10.1. The molecule has 0 saturated carbocycles. The average molecular weight is 324 g/mol. The first kappa shape index (κ1) is 23.4. The Labute approximate surface area is 141 Å². The number of rotatable bonds is 5. The lowest BCUT2D eigenvalue weighted by molar-refractivity contribution is -0.158. The van der Waals surface area contributed by atoms with Crippen LogP contribution in [0.3, 0.4) is 0 Å². The Morgan fingerprint density at radius 3 is 2.00 bits per heavy atom. The summed E-state index contributed by atoms with van der Waals surface area (Å²) in [6, 6.07) is 5.14. The van der Waals surface area contributed by atoms with E-state index in [1.807, 2.05) is 34.6 Å². The van der Waals surface area contributed by atoms with Gasteiger partial charge < -0.3 is 9.47 Å². The van der Waals surface area contributed by atoms with E-state index in [-0.39, 0.29) is 5.78 Å². The van der Waals surface area contributed by atoms with Gasteiger partial charge in [-0.1, -0.05) is 27.7 Å². The summed E-state index contributed by atoms with van der Waals surface area (Å²) in [4.78, 5) is 23.0. The van der Waals surface area contributed by atoms with Crippen LogP contribution in [0.2, 0.25) is 0 Å². The monoisotopic (exact) mass is 324 g/mol. The molecular weight excluding hydrogens is 292 g/mol. The van der Waals surface area contributed by atoms with Crippen molar-refractivity contribution >= 4 is 11.8 Å². The molecule has 132 valence electrons. The zero-order valence-corrected chi connectivity index (χ0v) is 16.1. The summed E-state index contributed by atoms with van der Waals surface area (Å²) in [5.41, 5.74) is 0.377. The summed E-state index contributed by atoms with van der Waals surface area (Å²) >= 11 is 0. The summed E-state index contributed by atoms with van der Waals surface area (Å²) in [5, 5.41) is 0. The number of esters is 1. The molecule has 1 aromatic rings. The molecule has 0 aliphatic rings. The van der Waals surface area contributed by atoms with Gasteiger partial charge in [0.25, 0.3) is 0 Å². The van der Waals surface area contributed by atoms with Gasteiger partial charge in [-0.3, -0.25) is 4.79 Å². The van der Waals surface area contributed by atoms with Crippen molar-refractivity contribution in [3.8, 4) is 5.75 Å². The molecule has 0 bridgehead atoms. The van der Waals surface area contributed by atoms with E-state index in [1.165, 1.54) is 6.92 Å². The lowest BCUT2D eigenvalue weighted by Crippen LogP contribution is -2.39. The van der Waals surface area contributed by atoms with Gasteiger partial charge in [0.15, 0.2) is 11.4 Å². The van der Waals surface area contributed by atoms with Gasteiger partial charge >= 0.3 is 5.97 Å². The van der Waals surface area contributed by atoms with Gasteiger partial charge in [-0.05, 0) is 58.4 Å². The lowest BCUT2D eigenvalue weighted by Gasteiger charge is -2.25. The molecule has 0 atom stereocenters. The number of hydrogen-bond donors (Lipinski definition) is 0. The average Bonchev–Trinajstić information content (AvgIpc) is 2.53. The van der Waals surface area contributed by atoms with E-state index < -0.39 is 11.6 Å². The SMILES string of the molecule is CC.CC.CCOC(=O)C(C)(C)Oc1ccc(C(C)=O)cc1C. The number of benzene rings is 1. The van der Waals surface area contributed by atoms with Crippen LogP contribution in [-0.2, 0) is 9.53 Å². The predicted octanol–water partition coefficient (Wildman–Crippen LogP) is 4.97. The minimum atomic E-state index is -1.06. The fourth-order valence-electron chi connectivity index (χ4n) is 1.60. The highest BCUT2D eigenvalue weighted by molar-refractivity contribution is 5.94. The molecule has 0 aromatic heterocycles. The molecule has 1 rings (SSSR count). The molecule has 4 heteroatoms. The van der Waals surface area contributed by atoms with Gasteiger partial charge in [0.05, 0.1) is 6.61 Å². The maximum atomic E-state index is 11.8. The fourth-order valence-corrected chi connectivity index (χ4v) is 1.60. The summed E-state index contributed by atoms with van der Waals surface area (Å²) in [6.45, 7) is 16.7. The maximum absolute atomic E-state index is 11.8. The fraction of sp³-hybridized carbons (Fsp3) is 0.579. The molecule has 0 N–H and O–H groups in total. The first-order chi connectivity index (χ1) is 10.8. The molecule has 0 radical (unpaired) electrons. The third-order valence-corrected chi connectivity index (χ3v) is 2.71. The minimum absolute atomic E-state index is 0.000645. The highest BCUT2D eigenvalue weighted by Crippen LogP contribution is 2.24. The van der Waals surface area contributed by atoms with Crippen LogP contribution >= 0.6 is 0 Å². The Kier molecular flexibility index (Phi) is 11.9. The zero-order valence-electron chi connectivity index (χ0n) is 16.1. The van der Waals surface area contributed by atoms with Gasteiger partial charge in [0.1, 0.15) is 5.75 Å². The Hall–Kier alpha value is -1.84. The van der Waals surface area contributed by atoms with E-state index in [1.54, 1.807) is 39.0 Å². The van der Waals surface area contributed by atoms with Crippen molar-refractivity contribution in [1.29, 1.82) is 0 Å². The van der Waals surface area contributed by atoms with Gasteiger partial charge in [0, 0.05) is 5.56 Å². The number of hydrogen-bond acceptors (Lipinski definition) is 4. The molecule has 0 saturated heterocycles. The second kappa shape index (κ2) is 11.7.